The van der Waals surface area contributed by atoms with Crippen molar-refractivity contribution in [2.45, 2.75) is 130 Å². The quantitative estimate of drug-likeness (QED) is 0.109. The number of rotatable bonds is 16. The van der Waals surface area contributed by atoms with Crippen molar-refractivity contribution in [2.75, 3.05) is 21.0 Å². The van der Waals surface area contributed by atoms with Gasteiger partial charge in [0.25, 0.3) is 0 Å². The lowest BCUT2D eigenvalue weighted by atomic mass is 9.94. The van der Waals surface area contributed by atoms with E-state index >= 15 is 0 Å². The van der Waals surface area contributed by atoms with Crippen LogP contribution >= 0.6 is 0 Å². The molecule has 0 fully saturated rings. The average molecular weight is 592 g/mol. The van der Waals surface area contributed by atoms with Gasteiger partial charge in [-0.25, -0.2) is 4.79 Å². The Morgan fingerprint density at radius 2 is 1.66 bits per heavy atom. The summed E-state index contributed by atoms with van der Waals surface area (Å²) in [6.45, 7) is 24.2. The van der Waals surface area contributed by atoms with Crippen LogP contribution in [0.15, 0.2) is 36.4 Å². The zero-order chi connectivity index (χ0) is 31.4. The molecule has 0 radical (unpaired) electrons. The number of benzene rings is 1. The SMILES string of the molecule is CC[C@@H](C)C[C@@H](C)/C=C/CC[C@@H](O[Si](C)(C)C(C)(C)C)[C@H](Cc1ccc(OCOC)cc1)N(C)C(=O)OC(C)(C)C. The predicted molar refractivity (Wildman–Crippen MR) is 174 cm³/mol. The molecule has 1 aromatic rings. The Balaban J connectivity index is 3.36. The summed E-state index contributed by atoms with van der Waals surface area (Å²) in [5, 5.41) is 0.0429. The summed E-state index contributed by atoms with van der Waals surface area (Å²) in [5.41, 5.74) is 0.525. The lowest BCUT2D eigenvalue weighted by Gasteiger charge is -2.43. The molecule has 6 nitrogen and oxygen atoms in total. The van der Waals surface area contributed by atoms with Crippen molar-refractivity contribution in [3.8, 4) is 5.75 Å². The van der Waals surface area contributed by atoms with Gasteiger partial charge in [0.2, 0.25) is 0 Å². The molecule has 1 amide bonds. The zero-order valence-corrected chi connectivity index (χ0v) is 29.5. The van der Waals surface area contributed by atoms with Gasteiger partial charge in [0.1, 0.15) is 11.4 Å². The van der Waals surface area contributed by atoms with Crippen LogP contribution < -0.4 is 4.74 Å². The average Bonchev–Trinajstić information content (AvgIpc) is 2.86. The van der Waals surface area contributed by atoms with E-state index in [1.807, 2.05) is 40.0 Å². The van der Waals surface area contributed by atoms with Crippen LogP contribution in [0.2, 0.25) is 18.1 Å². The number of methoxy groups -OCH3 is 1. The second-order valence-electron chi connectivity index (χ2n) is 14.2. The summed E-state index contributed by atoms with van der Waals surface area (Å²) < 4.78 is 23.6. The zero-order valence-electron chi connectivity index (χ0n) is 28.5. The van der Waals surface area contributed by atoms with Crippen molar-refractivity contribution in [3.63, 3.8) is 0 Å². The third-order valence-electron chi connectivity index (χ3n) is 8.13. The van der Waals surface area contributed by atoms with Gasteiger partial charge in [0, 0.05) is 14.2 Å². The van der Waals surface area contributed by atoms with Crippen LogP contribution in [0.3, 0.4) is 0 Å². The molecule has 4 atom stereocenters. The standard InChI is InChI=1S/C34H61NO5Si/c1-14-26(2)23-27(3)17-15-16-18-31(40-41(12,13)34(7,8)9)30(35(10)32(36)39-33(4,5)6)24-28-19-21-29(22-20-28)38-25-37-11/h15,17,19-22,26-27,30-31H,14,16,18,23-25H2,1-13H3/b17-15+/t26-,27+,30+,31-/m1/s1. The van der Waals surface area contributed by atoms with E-state index in [2.05, 4.69) is 78.9 Å². The normalized spacial score (nSPS) is 15.8. The number of allylic oxidation sites excluding steroid dienone is 2. The highest BCUT2D eigenvalue weighted by Crippen LogP contribution is 2.39. The van der Waals surface area contributed by atoms with E-state index < -0.39 is 13.9 Å². The molecule has 0 aromatic heterocycles. The highest BCUT2D eigenvalue weighted by molar-refractivity contribution is 6.74. The van der Waals surface area contributed by atoms with Gasteiger partial charge in [-0.3, -0.25) is 0 Å². The molecule has 1 aromatic carbocycles. The molecule has 0 heterocycles. The molecule has 1 rings (SSSR count). The van der Waals surface area contributed by atoms with Crippen LogP contribution in [0.4, 0.5) is 4.79 Å². The minimum absolute atomic E-state index is 0.0429. The smallest absolute Gasteiger partial charge is 0.410 e. The largest absolute Gasteiger partial charge is 0.468 e. The van der Waals surface area contributed by atoms with Gasteiger partial charge in [-0.1, -0.05) is 72.2 Å². The van der Waals surface area contributed by atoms with Gasteiger partial charge >= 0.3 is 6.09 Å². The Hall–Kier alpha value is -1.83. The molecule has 41 heavy (non-hydrogen) atoms. The molecule has 0 bridgehead atoms. The number of carbonyl (C=O) groups excluding carboxylic acids is 1. The minimum Gasteiger partial charge on any atom is -0.468 e. The van der Waals surface area contributed by atoms with Crippen LogP contribution in [-0.2, 0) is 20.3 Å². The predicted octanol–water partition coefficient (Wildman–Crippen LogP) is 9.25. The fraction of sp³-hybridized carbons (Fsp3) is 0.735. The van der Waals surface area contributed by atoms with E-state index in [0.717, 1.165) is 30.1 Å². The van der Waals surface area contributed by atoms with E-state index in [9.17, 15) is 4.79 Å². The number of amides is 1. The lowest BCUT2D eigenvalue weighted by molar-refractivity contribution is 0.00320. The summed E-state index contributed by atoms with van der Waals surface area (Å²) >= 11 is 0. The van der Waals surface area contributed by atoms with Gasteiger partial charge in [-0.15, -0.1) is 0 Å². The van der Waals surface area contributed by atoms with Crippen LogP contribution in [0.1, 0.15) is 93.6 Å². The van der Waals surface area contributed by atoms with Gasteiger partial charge in [-0.2, -0.15) is 0 Å². The Kier molecular flexibility index (Phi) is 15.2. The van der Waals surface area contributed by atoms with Gasteiger partial charge < -0.3 is 23.5 Å². The highest BCUT2D eigenvalue weighted by atomic mass is 28.4. The number of hydrogen-bond acceptors (Lipinski definition) is 5. The maximum Gasteiger partial charge on any atom is 0.410 e. The number of carbonyl (C=O) groups is 1. The van der Waals surface area contributed by atoms with Crippen LogP contribution in [0.25, 0.3) is 0 Å². The monoisotopic (exact) mass is 591 g/mol. The highest BCUT2D eigenvalue weighted by Gasteiger charge is 2.42. The van der Waals surface area contributed by atoms with Crippen molar-refractivity contribution in [1.82, 2.24) is 4.90 Å². The number of hydrogen-bond donors (Lipinski definition) is 0. The Bertz CT molecular complexity index is 917. The van der Waals surface area contributed by atoms with Crippen molar-refractivity contribution >= 4 is 14.4 Å². The third kappa shape index (κ3) is 13.8. The van der Waals surface area contributed by atoms with E-state index in [0.29, 0.717) is 12.3 Å². The van der Waals surface area contributed by atoms with Crippen molar-refractivity contribution in [1.29, 1.82) is 0 Å². The number of nitrogens with zero attached hydrogens (tertiary/aromatic N) is 1. The summed E-state index contributed by atoms with van der Waals surface area (Å²) in [7, 11) is 1.31. The van der Waals surface area contributed by atoms with Crippen molar-refractivity contribution in [3.05, 3.63) is 42.0 Å². The molecule has 0 aliphatic heterocycles. The molecule has 0 N–H and O–H groups in total. The number of ether oxygens (including phenoxy) is 3. The Morgan fingerprint density at radius 3 is 2.17 bits per heavy atom. The maximum atomic E-state index is 13.4. The van der Waals surface area contributed by atoms with Gasteiger partial charge in [-0.05, 0) is 94.1 Å². The van der Waals surface area contributed by atoms with Crippen molar-refractivity contribution < 1.29 is 23.4 Å². The fourth-order valence-corrected chi connectivity index (χ4v) is 5.82. The first-order chi connectivity index (χ1) is 18.9. The molecule has 0 aliphatic carbocycles. The maximum absolute atomic E-state index is 13.4. The molecule has 0 spiro atoms. The molecule has 236 valence electrons. The second-order valence-corrected chi connectivity index (χ2v) is 19.0. The molecular formula is C34H61NO5Si. The topological polar surface area (TPSA) is 57.2 Å². The van der Waals surface area contributed by atoms with E-state index in [1.165, 1.54) is 12.8 Å². The summed E-state index contributed by atoms with van der Waals surface area (Å²) in [4.78, 5) is 15.1. The molecular weight excluding hydrogens is 530 g/mol. The lowest BCUT2D eigenvalue weighted by Crippen LogP contribution is -2.53. The molecule has 0 saturated heterocycles. The molecule has 0 saturated carbocycles. The molecule has 0 unspecified atom stereocenters. The Labute approximate surface area is 253 Å². The van der Waals surface area contributed by atoms with Crippen LogP contribution in [0.5, 0.6) is 5.75 Å². The van der Waals surface area contributed by atoms with E-state index in [4.69, 9.17) is 18.6 Å². The first-order valence-electron chi connectivity index (χ1n) is 15.4. The Morgan fingerprint density at radius 1 is 1.05 bits per heavy atom. The summed E-state index contributed by atoms with van der Waals surface area (Å²) in [6.07, 6.45) is 8.95. The van der Waals surface area contributed by atoms with Gasteiger partial charge in [0.15, 0.2) is 15.1 Å². The fourth-order valence-electron chi connectivity index (χ4n) is 4.43. The summed E-state index contributed by atoms with van der Waals surface area (Å²) in [5.74, 6) is 2.02. The van der Waals surface area contributed by atoms with Gasteiger partial charge in [0.05, 0.1) is 12.1 Å². The summed E-state index contributed by atoms with van der Waals surface area (Å²) in [6, 6.07) is 7.81. The van der Waals surface area contributed by atoms with Crippen molar-refractivity contribution in [2.24, 2.45) is 11.8 Å². The third-order valence-corrected chi connectivity index (χ3v) is 12.6. The van der Waals surface area contributed by atoms with Crippen LogP contribution in [-0.4, -0.2) is 58.0 Å². The second kappa shape index (κ2) is 16.7. The first kappa shape index (κ1) is 37.2. The van der Waals surface area contributed by atoms with E-state index in [1.54, 1.807) is 12.0 Å². The molecule has 7 heteroatoms. The molecule has 0 aliphatic rings. The number of likely N-dealkylation sites (N-methyl/N-ethyl adjacent to an activating group) is 1. The minimum atomic E-state index is -2.14. The van der Waals surface area contributed by atoms with E-state index in [-0.39, 0.29) is 30.1 Å². The first-order valence-corrected chi connectivity index (χ1v) is 18.3. The van der Waals surface area contributed by atoms with Crippen LogP contribution in [0, 0.1) is 11.8 Å².